The van der Waals surface area contributed by atoms with Crippen LogP contribution in [0.1, 0.15) is 5.56 Å². The molecule has 1 aliphatic rings. The summed E-state index contributed by atoms with van der Waals surface area (Å²) in [6.45, 7) is 4.27. The summed E-state index contributed by atoms with van der Waals surface area (Å²) in [7, 11) is -3.55. The number of hydrogen-bond donors (Lipinski definition) is 1. The summed E-state index contributed by atoms with van der Waals surface area (Å²) in [5.74, 6) is 0. The van der Waals surface area contributed by atoms with Gasteiger partial charge in [-0.05, 0) is 36.8 Å². The lowest BCUT2D eigenvalue weighted by molar-refractivity contribution is 0.383. The molecule has 3 rings (SSSR count). The summed E-state index contributed by atoms with van der Waals surface area (Å²) in [6, 6.07) is 11.3. The minimum atomic E-state index is -3.55. The van der Waals surface area contributed by atoms with Crippen LogP contribution < -0.4 is 10.6 Å². The van der Waals surface area contributed by atoms with Gasteiger partial charge >= 0.3 is 0 Å². The Labute approximate surface area is 136 Å². The molecule has 2 heterocycles. The fourth-order valence-corrected chi connectivity index (χ4v) is 4.02. The molecule has 0 radical (unpaired) electrons. The quantitative estimate of drug-likeness (QED) is 0.921. The molecular formula is C16H20N4O2S. The molecule has 122 valence electrons. The van der Waals surface area contributed by atoms with E-state index < -0.39 is 10.0 Å². The topological polar surface area (TPSA) is 79.5 Å². The fraction of sp³-hybridized carbons (Fsp3) is 0.312. The second-order valence-electron chi connectivity index (χ2n) is 5.66. The van der Waals surface area contributed by atoms with Crippen molar-refractivity contribution in [2.75, 3.05) is 36.8 Å². The molecule has 0 amide bonds. The average Bonchev–Trinajstić information content (AvgIpc) is 2.55. The summed E-state index contributed by atoms with van der Waals surface area (Å²) in [4.78, 5) is 6.15. The van der Waals surface area contributed by atoms with Gasteiger partial charge in [-0.2, -0.15) is 4.31 Å². The van der Waals surface area contributed by atoms with Gasteiger partial charge < -0.3 is 10.6 Å². The van der Waals surface area contributed by atoms with Crippen LogP contribution in [0.4, 0.5) is 11.4 Å². The van der Waals surface area contributed by atoms with Crippen LogP contribution in [0.5, 0.6) is 0 Å². The summed E-state index contributed by atoms with van der Waals surface area (Å²) >= 11 is 0. The van der Waals surface area contributed by atoms with E-state index in [1.807, 2.05) is 6.07 Å². The molecule has 0 saturated carbocycles. The maximum Gasteiger partial charge on any atom is 0.260 e. The largest absolute Gasteiger partial charge is 0.397 e. The SMILES string of the molecule is Cc1cccc(N2CCN(S(=O)(=O)c3ccc(N)cn3)CC2)c1. The zero-order chi connectivity index (χ0) is 16.4. The molecule has 23 heavy (non-hydrogen) atoms. The van der Waals surface area contributed by atoms with Crippen molar-refractivity contribution in [1.82, 2.24) is 9.29 Å². The van der Waals surface area contributed by atoms with Gasteiger partial charge in [-0.25, -0.2) is 13.4 Å². The smallest absolute Gasteiger partial charge is 0.260 e. The molecule has 7 heteroatoms. The Hall–Kier alpha value is -2.12. The Bertz CT molecular complexity index is 782. The number of anilines is 2. The molecule has 1 fully saturated rings. The number of sulfonamides is 1. The van der Waals surface area contributed by atoms with Crippen molar-refractivity contribution in [3.8, 4) is 0 Å². The second kappa shape index (κ2) is 6.17. The van der Waals surface area contributed by atoms with Gasteiger partial charge in [0.2, 0.25) is 0 Å². The average molecular weight is 332 g/mol. The van der Waals surface area contributed by atoms with Gasteiger partial charge in [-0.1, -0.05) is 12.1 Å². The van der Waals surface area contributed by atoms with Gasteiger partial charge in [-0.15, -0.1) is 0 Å². The van der Waals surface area contributed by atoms with Crippen LogP contribution in [0.3, 0.4) is 0 Å². The highest BCUT2D eigenvalue weighted by molar-refractivity contribution is 7.89. The van der Waals surface area contributed by atoms with E-state index in [-0.39, 0.29) is 5.03 Å². The van der Waals surface area contributed by atoms with Gasteiger partial charge in [0, 0.05) is 31.9 Å². The van der Waals surface area contributed by atoms with Gasteiger partial charge in [0.05, 0.1) is 11.9 Å². The predicted molar refractivity (Wildman–Crippen MR) is 90.8 cm³/mol. The molecule has 0 bridgehead atoms. The van der Waals surface area contributed by atoms with E-state index in [4.69, 9.17) is 5.73 Å². The summed E-state index contributed by atoms with van der Waals surface area (Å²) in [5, 5.41) is 0.0516. The van der Waals surface area contributed by atoms with Crippen LogP contribution in [0.25, 0.3) is 0 Å². The van der Waals surface area contributed by atoms with E-state index in [1.165, 1.54) is 22.1 Å². The standard InChI is InChI=1S/C16H20N4O2S/c1-13-3-2-4-15(11-13)19-7-9-20(10-8-19)23(21,22)16-6-5-14(17)12-18-16/h2-6,11-12H,7-10,17H2,1H3. The van der Waals surface area contributed by atoms with Crippen LogP contribution in [-0.2, 0) is 10.0 Å². The molecule has 6 nitrogen and oxygen atoms in total. The molecule has 0 aliphatic carbocycles. The molecule has 2 aromatic rings. The number of benzene rings is 1. The lowest BCUT2D eigenvalue weighted by Gasteiger charge is -2.35. The molecule has 0 spiro atoms. The molecule has 1 aromatic heterocycles. The predicted octanol–water partition coefficient (Wildman–Crippen LogP) is 1.48. The molecule has 2 N–H and O–H groups in total. The Morgan fingerprint density at radius 1 is 1.09 bits per heavy atom. The highest BCUT2D eigenvalue weighted by atomic mass is 32.2. The van der Waals surface area contributed by atoms with Crippen molar-refractivity contribution >= 4 is 21.4 Å². The van der Waals surface area contributed by atoms with Crippen LogP contribution in [0, 0.1) is 6.92 Å². The maximum atomic E-state index is 12.6. The van der Waals surface area contributed by atoms with Crippen molar-refractivity contribution in [2.45, 2.75) is 11.9 Å². The van der Waals surface area contributed by atoms with E-state index in [9.17, 15) is 8.42 Å². The number of piperazine rings is 1. The highest BCUT2D eigenvalue weighted by Crippen LogP contribution is 2.21. The van der Waals surface area contributed by atoms with Crippen LogP contribution in [0.15, 0.2) is 47.6 Å². The first-order chi connectivity index (χ1) is 11.0. The zero-order valence-corrected chi connectivity index (χ0v) is 13.8. The van der Waals surface area contributed by atoms with Crippen molar-refractivity contribution < 1.29 is 8.42 Å². The minimum absolute atomic E-state index is 0.0516. The first-order valence-corrected chi connectivity index (χ1v) is 8.94. The molecular weight excluding hydrogens is 312 g/mol. The van der Waals surface area contributed by atoms with Crippen LogP contribution >= 0.6 is 0 Å². The molecule has 1 saturated heterocycles. The third-order valence-electron chi connectivity index (χ3n) is 3.97. The third-order valence-corrected chi connectivity index (χ3v) is 5.78. The number of aryl methyl sites for hydroxylation is 1. The van der Waals surface area contributed by atoms with E-state index in [0.29, 0.717) is 31.9 Å². The van der Waals surface area contributed by atoms with E-state index in [1.54, 1.807) is 6.07 Å². The van der Waals surface area contributed by atoms with Crippen molar-refractivity contribution in [3.05, 3.63) is 48.2 Å². The molecule has 1 aliphatic heterocycles. The monoisotopic (exact) mass is 332 g/mol. The van der Waals surface area contributed by atoms with E-state index in [0.717, 1.165) is 5.69 Å². The van der Waals surface area contributed by atoms with E-state index in [2.05, 4.69) is 35.0 Å². The minimum Gasteiger partial charge on any atom is -0.397 e. The van der Waals surface area contributed by atoms with Crippen molar-refractivity contribution in [3.63, 3.8) is 0 Å². The first-order valence-electron chi connectivity index (χ1n) is 7.50. The van der Waals surface area contributed by atoms with Crippen LogP contribution in [0.2, 0.25) is 0 Å². The maximum absolute atomic E-state index is 12.6. The molecule has 0 atom stereocenters. The number of nitrogen functional groups attached to an aromatic ring is 1. The third kappa shape index (κ3) is 3.30. The van der Waals surface area contributed by atoms with E-state index >= 15 is 0 Å². The lowest BCUT2D eigenvalue weighted by Crippen LogP contribution is -2.48. The molecule has 1 aromatic carbocycles. The second-order valence-corrected chi connectivity index (χ2v) is 7.54. The molecule has 0 unspecified atom stereocenters. The number of hydrogen-bond acceptors (Lipinski definition) is 5. The Morgan fingerprint density at radius 2 is 1.83 bits per heavy atom. The number of pyridine rings is 1. The Kier molecular flexibility index (Phi) is 4.23. The summed E-state index contributed by atoms with van der Waals surface area (Å²) < 4.78 is 26.7. The first kappa shape index (κ1) is 15.8. The summed E-state index contributed by atoms with van der Waals surface area (Å²) in [5.41, 5.74) is 8.35. The number of nitrogens with two attached hydrogens (primary N) is 1. The van der Waals surface area contributed by atoms with Gasteiger partial charge in [0.1, 0.15) is 0 Å². The lowest BCUT2D eigenvalue weighted by atomic mass is 10.2. The number of nitrogens with zero attached hydrogens (tertiary/aromatic N) is 3. The van der Waals surface area contributed by atoms with Gasteiger partial charge in [-0.3, -0.25) is 0 Å². The van der Waals surface area contributed by atoms with Gasteiger partial charge in [0.25, 0.3) is 10.0 Å². The summed E-state index contributed by atoms with van der Waals surface area (Å²) in [6.07, 6.45) is 1.37. The van der Waals surface area contributed by atoms with Crippen molar-refractivity contribution in [1.29, 1.82) is 0 Å². The van der Waals surface area contributed by atoms with Crippen molar-refractivity contribution in [2.24, 2.45) is 0 Å². The highest BCUT2D eigenvalue weighted by Gasteiger charge is 2.29. The Morgan fingerprint density at radius 3 is 2.43 bits per heavy atom. The normalized spacial score (nSPS) is 16.5. The Balaban J connectivity index is 1.72. The zero-order valence-electron chi connectivity index (χ0n) is 13.0. The number of aromatic nitrogens is 1. The van der Waals surface area contributed by atoms with Crippen LogP contribution in [-0.4, -0.2) is 43.9 Å². The van der Waals surface area contributed by atoms with Gasteiger partial charge in [0.15, 0.2) is 5.03 Å². The fourth-order valence-electron chi connectivity index (χ4n) is 2.69. The number of rotatable bonds is 3.